The van der Waals surface area contributed by atoms with E-state index in [0.717, 1.165) is 41.9 Å². The van der Waals surface area contributed by atoms with Gasteiger partial charge in [0.1, 0.15) is 11.6 Å². The van der Waals surface area contributed by atoms with Crippen LogP contribution in [0.5, 0.6) is 5.75 Å². The number of hydrogen-bond donors (Lipinski definition) is 1. The van der Waals surface area contributed by atoms with Crippen molar-refractivity contribution in [1.82, 2.24) is 20.1 Å². The van der Waals surface area contributed by atoms with E-state index >= 15 is 0 Å². The number of nitrogens with zero attached hydrogens (tertiary/aromatic N) is 3. The summed E-state index contributed by atoms with van der Waals surface area (Å²) in [5, 5.41) is 11.3. The number of benzene rings is 1. The van der Waals surface area contributed by atoms with E-state index in [2.05, 4.69) is 36.0 Å². The Kier molecular flexibility index (Phi) is 5.50. The number of carbonyl (C=O) groups excluding carboxylic acids is 1. The minimum Gasteiger partial charge on any atom is -0.481 e. The quantitative estimate of drug-likeness (QED) is 0.848. The van der Waals surface area contributed by atoms with Crippen molar-refractivity contribution in [3.8, 4) is 5.75 Å². The molecule has 1 aliphatic heterocycles. The molecule has 0 saturated carbocycles. The number of nitrogens with one attached hydrogen (secondary N) is 1. The summed E-state index contributed by atoms with van der Waals surface area (Å²) in [6.45, 7) is 3.04. The fourth-order valence-electron chi connectivity index (χ4n) is 2.76. The smallest absolute Gasteiger partial charge is 0.261 e. The maximum atomic E-state index is 12.2. The van der Waals surface area contributed by atoms with E-state index in [0.29, 0.717) is 12.3 Å². The van der Waals surface area contributed by atoms with Gasteiger partial charge < -0.3 is 14.6 Å². The summed E-state index contributed by atoms with van der Waals surface area (Å²) in [4.78, 5) is 12.2. The zero-order valence-corrected chi connectivity index (χ0v) is 15.3. The lowest BCUT2D eigenvalue weighted by molar-refractivity contribution is -0.127. The number of aryl methyl sites for hydroxylation is 1. The molecule has 0 bridgehead atoms. The lowest BCUT2D eigenvalue weighted by Gasteiger charge is -2.15. The Hall–Kier alpha value is -1.89. The highest BCUT2D eigenvalue weighted by Gasteiger charge is 2.18. The first-order valence-electron chi connectivity index (χ1n) is 8.24. The SMILES string of the molecule is CC(Oc1ccc(Br)cc1)C(=O)NCc1nnc2n1CCCCC2. The number of ether oxygens (including phenoxy) is 1. The summed E-state index contributed by atoms with van der Waals surface area (Å²) in [5.74, 6) is 2.34. The van der Waals surface area contributed by atoms with Gasteiger partial charge in [-0.3, -0.25) is 4.79 Å². The molecule has 0 aliphatic carbocycles. The summed E-state index contributed by atoms with van der Waals surface area (Å²) in [7, 11) is 0. The van der Waals surface area contributed by atoms with Gasteiger partial charge in [0.15, 0.2) is 11.9 Å². The van der Waals surface area contributed by atoms with Gasteiger partial charge in [-0.25, -0.2) is 0 Å². The van der Waals surface area contributed by atoms with Crippen molar-refractivity contribution in [2.45, 2.75) is 51.8 Å². The van der Waals surface area contributed by atoms with Crippen molar-refractivity contribution in [1.29, 1.82) is 0 Å². The molecule has 2 aromatic rings. The summed E-state index contributed by atoms with van der Waals surface area (Å²) >= 11 is 3.37. The molecule has 1 aliphatic rings. The van der Waals surface area contributed by atoms with Gasteiger partial charge in [-0.15, -0.1) is 10.2 Å². The van der Waals surface area contributed by atoms with Crippen LogP contribution in [0.3, 0.4) is 0 Å². The summed E-state index contributed by atoms with van der Waals surface area (Å²) in [6.07, 6.45) is 3.90. The van der Waals surface area contributed by atoms with Crippen LogP contribution in [0.15, 0.2) is 28.7 Å². The van der Waals surface area contributed by atoms with Crippen LogP contribution >= 0.6 is 15.9 Å². The maximum Gasteiger partial charge on any atom is 0.261 e. The monoisotopic (exact) mass is 392 g/mol. The van der Waals surface area contributed by atoms with Gasteiger partial charge in [-0.1, -0.05) is 22.4 Å². The van der Waals surface area contributed by atoms with Gasteiger partial charge in [-0.2, -0.15) is 0 Å². The van der Waals surface area contributed by atoms with Crippen LogP contribution in [0, 0.1) is 0 Å². The third-order valence-electron chi connectivity index (χ3n) is 4.10. The molecular weight excluding hydrogens is 372 g/mol. The van der Waals surface area contributed by atoms with E-state index in [4.69, 9.17) is 4.74 Å². The minimum absolute atomic E-state index is 0.163. The normalized spacial score (nSPS) is 15.2. The molecule has 2 heterocycles. The Bertz CT molecular complexity index is 699. The lowest BCUT2D eigenvalue weighted by atomic mass is 10.2. The molecular formula is C17H21BrN4O2. The molecule has 3 rings (SSSR count). The van der Waals surface area contributed by atoms with E-state index in [-0.39, 0.29) is 5.91 Å². The third kappa shape index (κ3) is 4.14. The topological polar surface area (TPSA) is 69.0 Å². The molecule has 0 radical (unpaired) electrons. The molecule has 7 heteroatoms. The van der Waals surface area contributed by atoms with Crippen LogP contribution in [0.4, 0.5) is 0 Å². The maximum absolute atomic E-state index is 12.2. The Morgan fingerprint density at radius 1 is 1.29 bits per heavy atom. The Balaban J connectivity index is 1.55. The van der Waals surface area contributed by atoms with Crippen LogP contribution in [-0.4, -0.2) is 26.8 Å². The van der Waals surface area contributed by atoms with E-state index in [1.54, 1.807) is 6.92 Å². The fraction of sp³-hybridized carbons (Fsp3) is 0.471. The van der Waals surface area contributed by atoms with Crippen LogP contribution in [0.1, 0.15) is 37.8 Å². The van der Waals surface area contributed by atoms with Crippen molar-refractivity contribution in [2.75, 3.05) is 0 Å². The second-order valence-electron chi connectivity index (χ2n) is 5.93. The second-order valence-corrected chi connectivity index (χ2v) is 6.84. The number of fused-ring (bicyclic) bond motifs is 1. The predicted molar refractivity (Wildman–Crippen MR) is 93.7 cm³/mol. The first kappa shape index (κ1) is 17.0. The highest BCUT2D eigenvalue weighted by molar-refractivity contribution is 9.10. The zero-order chi connectivity index (χ0) is 16.9. The van der Waals surface area contributed by atoms with Gasteiger partial charge in [-0.05, 0) is 44.0 Å². The van der Waals surface area contributed by atoms with Crippen LogP contribution in [-0.2, 0) is 24.3 Å². The van der Waals surface area contributed by atoms with E-state index in [1.807, 2.05) is 24.3 Å². The fourth-order valence-corrected chi connectivity index (χ4v) is 3.02. The molecule has 1 amide bonds. The summed E-state index contributed by atoms with van der Waals surface area (Å²) in [6, 6.07) is 7.41. The highest BCUT2D eigenvalue weighted by atomic mass is 79.9. The Labute approximate surface area is 149 Å². The molecule has 6 nitrogen and oxygen atoms in total. The first-order valence-corrected chi connectivity index (χ1v) is 9.03. The number of carbonyl (C=O) groups is 1. The van der Waals surface area contributed by atoms with E-state index in [9.17, 15) is 4.79 Å². The van der Waals surface area contributed by atoms with Crippen molar-refractivity contribution in [2.24, 2.45) is 0 Å². The van der Waals surface area contributed by atoms with Gasteiger partial charge in [0, 0.05) is 17.4 Å². The Morgan fingerprint density at radius 2 is 2.08 bits per heavy atom. The van der Waals surface area contributed by atoms with Crippen LogP contribution in [0.25, 0.3) is 0 Å². The van der Waals surface area contributed by atoms with E-state index in [1.165, 1.54) is 6.42 Å². The molecule has 1 unspecified atom stereocenters. The number of amides is 1. The Morgan fingerprint density at radius 3 is 2.88 bits per heavy atom. The second kappa shape index (κ2) is 7.79. The van der Waals surface area contributed by atoms with Crippen molar-refractivity contribution in [3.05, 3.63) is 40.4 Å². The average molecular weight is 393 g/mol. The van der Waals surface area contributed by atoms with Gasteiger partial charge >= 0.3 is 0 Å². The van der Waals surface area contributed by atoms with Crippen LogP contribution in [0.2, 0.25) is 0 Å². The zero-order valence-electron chi connectivity index (χ0n) is 13.7. The van der Waals surface area contributed by atoms with Gasteiger partial charge in [0.05, 0.1) is 6.54 Å². The molecule has 1 atom stereocenters. The molecule has 1 aromatic heterocycles. The van der Waals surface area contributed by atoms with E-state index < -0.39 is 6.10 Å². The molecule has 1 aromatic carbocycles. The van der Waals surface area contributed by atoms with Crippen LogP contribution < -0.4 is 10.1 Å². The number of halogens is 1. The summed E-state index contributed by atoms with van der Waals surface area (Å²) in [5.41, 5.74) is 0. The molecule has 0 spiro atoms. The van der Waals surface area contributed by atoms with Crippen molar-refractivity contribution in [3.63, 3.8) is 0 Å². The van der Waals surface area contributed by atoms with Crippen molar-refractivity contribution >= 4 is 21.8 Å². The first-order chi connectivity index (χ1) is 11.6. The standard InChI is InChI=1S/C17H21BrN4O2/c1-12(24-14-8-6-13(18)7-9-14)17(23)19-11-16-21-20-15-5-3-2-4-10-22(15)16/h6-9,12H,2-5,10-11H2,1H3,(H,19,23). The lowest BCUT2D eigenvalue weighted by Crippen LogP contribution is -2.36. The molecule has 1 N–H and O–H groups in total. The highest BCUT2D eigenvalue weighted by Crippen LogP contribution is 2.17. The summed E-state index contributed by atoms with van der Waals surface area (Å²) < 4.78 is 8.76. The largest absolute Gasteiger partial charge is 0.481 e. The number of aromatic nitrogens is 3. The third-order valence-corrected chi connectivity index (χ3v) is 4.63. The molecule has 0 saturated heterocycles. The molecule has 0 fully saturated rings. The molecule has 24 heavy (non-hydrogen) atoms. The minimum atomic E-state index is -0.572. The average Bonchev–Trinajstić information content (AvgIpc) is 2.81. The van der Waals surface area contributed by atoms with Gasteiger partial charge in [0.25, 0.3) is 5.91 Å². The molecule has 128 valence electrons. The number of rotatable bonds is 5. The predicted octanol–water partition coefficient (Wildman–Crippen LogP) is 2.85. The number of hydrogen-bond acceptors (Lipinski definition) is 4. The van der Waals surface area contributed by atoms with Crippen molar-refractivity contribution < 1.29 is 9.53 Å². The van der Waals surface area contributed by atoms with Gasteiger partial charge in [0.2, 0.25) is 0 Å².